The standard InChI is InChI=1S/C14H20O5/c1-4-19-13(16)9-8-11(15)10-6-5-7-12(17-2)14(10)18-3/h5-7,11,15H,4,8-9H2,1-3H3. The highest BCUT2D eigenvalue weighted by molar-refractivity contribution is 5.69. The Labute approximate surface area is 113 Å². The minimum absolute atomic E-state index is 0.162. The summed E-state index contributed by atoms with van der Waals surface area (Å²) in [4.78, 5) is 11.3. The summed E-state index contributed by atoms with van der Waals surface area (Å²) in [6, 6.07) is 5.27. The van der Waals surface area contributed by atoms with E-state index in [-0.39, 0.29) is 18.8 Å². The number of benzene rings is 1. The highest BCUT2D eigenvalue weighted by Crippen LogP contribution is 2.35. The van der Waals surface area contributed by atoms with Gasteiger partial charge in [-0.05, 0) is 19.4 Å². The molecule has 0 amide bonds. The van der Waals surface area contributed by atoms with Gasteiger partial charge in [-0.25, -0.2) is 0 Å². The van der Waals surface area contributed by atoms with Crippen molar-refractivity contribution in [2.24, 2.45) is 0 Å². The molecule has 1 aromatic rings. The van der Waals surface area contributed by atoms with Crippen LogP contribution in [-0.4, -0.2) is 31.9 Å². The zero-order valence-corrected chi connectivity index (χ0v) is 11.5. The molecule has 1 rings (SSSR count). The Balaban J connectivity index is 2.76. The molecule has 1 atom stereocenters. The third-order valence-corrected chi connectivity index (χ3v) is 2.72. The van der Waals surface area contributed by atoms with Gasteiger partial charge in [0.05, 0.1) is 26.9 Å². The Morgan fingerprint density at radius 1 is 1.32 bits per heavy atom. The van der Waals surface area contributed by atoms with Gasteiger partial charge in [-0.1, -0.05) is 12.1 Å². The van der Waals surface area contributed by atoms with E-state index in [1.807, 2.05) is 0 Å². The van der Waals surface area contributed by atoms with Crippen molar-refractivity contribution in [2.45, 2.75) is 25.9 Å². The van der Waals surface area contributed by atoms with E-state index in [0.29, 0.717) is 23.7 Å². The highest BCUT2D eigenvalue weighted by Gasteiger charge is 2.18. The number of aliphatic hydroxyl groups is 1. The van der Waals surface area contributed by atoms with Crippen molar-refractivity contribution >= 4 is 5.97 Å². The number of carbonyl (C=O) groups excluding carboxylic acids is 1. The van der Waals surface area contributed by atoms with Crippen LogP contribution in [0.1, 0.15) is 31.4 Å². The van der Waals surface area contributed by atoms with Crippen LogP contribution in [0, 0.1) is 0 Å². The number of rotatable bonds is 7. The molecule has 0 fully saturated rings. The smallest absolute Gasteiger partial charge is 0.305 e. The Morgan fingerprint density at radius 3 is 2.63 bits per heavy atom. The first-order valence-corrected chi connectivity index (χ1v) is 6.18. The molecule has 0 bridgehead atoms. The van der Waals surface area contributed by atoms with Crippen molar-refractivity contribution < 1.29 is 24.1 Å². The van der Waals surface area contributed by atoms with Gasteiger partial charge in [-0.2, -0.15) is 0 Å². The molecule has 5 heteroatoms. The number of aliphatic hydroxyl groups excluding tert-OH is 1. The Kier molecular flexibility index (Phi) is 6.15. The van der Waals surface area contributed by atoms with Crippen LogP contribution in [0.4, 0.5) is 0 Å². The molecular weight excluding hydrogens is 248 g/mol. The zero-order valence-electron chi connectivity index (χ0n) is 11.5. The number of esters is 1. The Hall–Kier alpha value is -1.75. The molecule has 0 heterocycles. The summed E-state index contributed by atoms with van der Waals surface area (Å²) in [5.74, 6) is 0.722. The van der Waals surface area contributed by atoms with Crippen LogP contribution in [0.25, 0.3) is 0 Å². The molecule has 106 valence electrons. The Bertz CT molecular complexity index is 416. The zero-order chi connectivity index (χ0) is 14.3. The van der Waals surface area contributed by atoms with E-state index in [2.05, 4.69) is 0 Å². The molecule has 0 spiro atoms. The van der Waals surface area contributed by atoms with Crippen LogP contribution in [0.5, 0.6) is 11.5 Å². The topological polar surface area (TPSA) is 65.0 Å². The number of hydrogen-bond acceptors (Lipinski definition) is 5. The molecule has 5 nitrogen and oxygen atoms in total. The lowest BCUT2D eigenvalue weighted by Crippen LogP contribution is -2.08. The third kappa shape index (κ3) is 4.13. The molecule has 0 aliphatic heterocycles. The summed E-state index contributed by atoms with van der Waals surface area (Å²) in [5.41, 5.74) is 0.603. The molecule has 0 radical (unpaired) electrons. The van der Waals surface area contributed by atoms with E-state index in [0.717, 1.165) is 0 Å². The maximum Gasteiger partial charge on any atom is 0.305 e. The van der Waals surface area contributed by atoms with Crippen LogP contribution in [-0.2, 0) is 9.53 Å². The maximum atomic E-state index is 11.3. The summed E-state index contributed by atoms with van der Waals surface area (Å²) in [6.45, 7) is 2.09. The van der Waals surface area contributed by atoms with Gasteiger partial charge in [-0.3, -0.25) is 4.79 Å². The predicted octanol–water partition coefficient (Wildman–Crippen LogP) is 2.08. The van der Waals surface area contributed by atoms with E-state index in [4.69, 9.17) is 14.2 Å². The first-order chi connectivity index (χ1) is 9.13. The summed E-state index contributed by atoms with van der Waals surface area (Å²) >= 11 is 0. The van der Waals surface area contributed by atoms with Crippen LogP contribution >= 0.6 is 0 Å². The lowest BCUT2D eigenvalue weighted by Gasteiger charge is -2.16. The van der Waals surface area contributed by atoms with E-state index in [9.17, 15) is 9.90 Å². The quantitative estimate of drug-likeness (QED) is 0.767. The monoisotopic (exact) mass is 268 g/mol. The van der Waals surface area contributed by atoms with Gasteiger partial charge in [-0.15, -0.1) is 0 Å². The second kappa shape index (κ2) is 7.63. The Morgan fingerprint density at radius 2 is 2.05 bits per heavy atom. The number of hydrogen-bond donors (Lipinski definition) is 1. The fraction of sp³-hybridized carbons (Fsp3) is 0.500. The number of methoxy groups -OCH3 is 2. The molecule has 0 saturated heterocycles. The van der Waals surface area contributed by atoms with E-state index in [1.54, 1.807) is 25.1 Å². The van der Waals surface area contributed by atoms with Gasteiger partial charge in [0.1, 0.15) is 0 Å². The molecule has 0 aromatic heterocycles. The fourth-order valence-electron chi connectivity index (χ4n) is 1.82. The molecule has 19 heavy (non-hydrogen) atoms. The van der Waals surface area contributed by atoms with Crippen molar-refractivity contribution in [2.75, 3.05) is 20.8 Å². The lowest BCUT2D eigenvalue weighted by atomic mass is 10.0. The number of carbonyl (C=O) groups is 1. The summed E-state index contributed by atoms with van der Waals surface area (Å²) in [5, 5.41) is 10.1. The van der Waals surface area contributed by atoms with E-state index < -0.39 is 6.10 Å². The van der Waals surface area contributed by atoms with Crippen molar-refractivity contribution in [3.05, 3.63) is 23.8 Å². The molecule has 1 aromatic carbocycles. The number of ether oxygens (including phenoxy) is 3. The van der Waals surface area contributed by atoms with Gasteiger partial charge < -0.3 is 19.3 Å². The average Bonchev–Trinajstić information content (AvgIpc) is 2.44. The van der Waals surface area contributed by atoms with Crippen LogP contribution in [0.2, 0.25) is 0 Å². The van der Waals surface area contributed by atoms with Gasteiger partial charge in [0.2, 0.25) is 0 Å². The largest absolute Gasteiger partial charge is 0.493 e. The van der Waals surface area contributed by atoms with Crippen LogP contribution in [0.15, 0.2) is 18.2 Å². The third-order valence-electron chi connectivity index (χ3n) is 2.72. The van der Waals surface area contributed by atoms with Crippen molar-refractivity contribution in [1.82, 2.24) is 0 Å². The minimum atomic E-state index is -0.797. The van der Waals surface area contributed by atoms with Gasteiger partial charge >= 0.3 is 5.97 Å². The second-order valence-electron chi connectivity index (χ2n) is 3.94. The first kappa shape index (κ1) is 15.3. The molecule has 0 saturated carbocycles. The predicted molar refractivity (Wildman–Crippen MR) is 70.4 cm³/mol. The van der Waals surface area contributed by atoms with E-state index in [1.165, 1.54) is 14.2 Å². The summed E-state index contributed by atoms with van der Waals surface area (Å²) in [6.07, 6.45) is -0.355. The van der Waals surface area contributed by atoms with Crippen LogP contribution in [0.3, 0.4) is 0 Å². The fourth-order valence-corrected chi connectivity index (χ4v) is 1.82. The lowest BCUT2D eigenvalue weighted by molar-refractivity contribution is -0.143. The van der Waals surface area contributed by atoms with Gasteiger partial charge in [0.15, 0.2) is 11.5 Å². The normalized spacial score (nSPS) is 11.8. The van der Waals surface area contributed by atoms with Crippen molar-refractivity contribution in [3.8, 4) is 11.5 Å². The minimum Gasteiger partial charge on any atom is -0.493 e. The highest BCUT2D eigenvalue weighted by atomic mass is 16.5. The molecule has 1 N–H and O–H groups in total. The van der Waals surface area contributed by atoms with Gasteiger partial charge in [0.25, 0.3) is 0 Å². The SMILES string of the molecule is CCOC(=O)CCC(O)c1cccc(OC)c1OC. The van der Waals surface area contributed by atoms with Gasteiger partial charge in [0, 0.05) is 12.0 Å². The molecule has 0 aliphatic carbocycles. The molecule has 1 unspecified atom stereocenters. The molecular formula is C14H20O5. The van der Waals surface area contributed by atoms with Crippen LogP contribution < -0.4 is 9.47 Å². The van der Waals surface area contributed by atoms with E-state index >= 15 is 0 Å². The van der Waals surface area contributed by atoms with Crippen molar-refractivity contribution in [1.29, 1.82) is 0 Å². The number of para-hydroxylation sites is 1. The first-order valence-electron chi connectivity index (χ1n) is 6.18. The molecule has 0 aliphatic rings. The summed E-state index contributed by atoms with van der Waals surface area (Å²) < 4.78 is 15.2. The average molecular weight is 268 g/mol. The van der Waals surface area contributed by atoms with Crippen molar-refractivity contribution in [3.63, 3.8) is 0 Å². The second-order valence-corrected chi connectivity index (χ2v) is 3.94. The maximum absolute atomic E-state index is 11.3. The summed E-state index contributed by atoms with van der Waals surface area (Å²) in [7, 11) is 3.05.